The predicted molar refractivity (Wildman–Crippen MR) is 98.1 cm³/mol. The van der Waals surface area contributed by atoms with Crippen LogP contribution < -0.4 is 10.6 Å². The van der Waals surface area contributed by atoms with Crippen molar-refractivity contribution >= 4 is 41.7 Å². The first-order chi connectivity index (χ1) is 9.97. The van der Waals surface area contributed by atoms with E-state index in [-0.39, 0.29) is 24.0 Å². The molecule has 0 fully saturated rings. The Bertz CT molecular complexity index is 467. The van der Waals surface area contributed by atoms with E-state index in [0.717, 1.165) is 30.9 Å². The minimum absolute atomic E-state index is 0. The summed E-state index contributed by atoms with van der Waals surface area (Å²) in [5.41, 5.74) is -0.0680. The zero-order valence-electron chi connectivity index (χ0n) is 12.5. The molecule has 0 aliphatic heterocycles. The monoisotopic (exact) mass is 447 g/mol. The molecule has 0 atom stereocenters. The van der Waals surface area contributed by atoms with Crippen LogP contribution in [0.15, 0.2) is 29.3 Å². The molecule has 1 rings (SSSR count). The second-order valence-corrected chi connectivity index (χ2v) is 5.38. The van der Waals surface area contributed by atoms with Crippen LogP contribution in [0.2, 0.25) is 0 Å². The average Bonchev–Trinajstić information content (AvgIpc) is 2.46. The van der Waals surface area contributed by atoms with E-state index in [1.165, 1.54) is 6.07 Å². The van der Waals surface area contributed by atoms with E-state index in [0.29, 0.717) is 18.1 Å². The third-order valence-corrected chi connectivity index (χ3v) is 3.45. The number of alkyl halides is 3. The van der Waals surface area contributed by atoms with Crippen molar-refractivity contribution in [3.63, 3.8) is 0 Å². The lowest BCUT2D eigenvalue weighted by Crippen LogP contribution is -2.37. The largest absolute Gasteiger partial charge is 0.416 e. The lowest BCUT2D eigenvalue weighted by Gasteiger charge is -2.13. The molecule has 0 saturated carbocycles. The fourth-order valence-corrected chi connectivity index (χ4v) is 2.12. The van der Waals surface area contributed by atoms with Crippen LogP contribution in [-0.4, -0.2) is 31.6 Å². The van der Waals surface area contributed by atoms with E-state index in [1.54, 1.807) is 24.9 Å². The quantitative estimate of drug-likeness (QED) is 0.302. The van der Waals surface area contributed by atoms with Crippen molar-refractivity contribution in [2.75, 3.05) is 25.6 Å². The van der Waals surface area contributed by atoms with E-state index in [1.807, 2.05) is 6.26 Å². The fourth-order valence-electron chi connectivity index (χ4n) is 1.69. The summed E-state index contributed by atoms with van der Waals surface area (Å²) in [6.45, 7) is 1.08. The summed E-state index contributed by atoms with van der Waals surface area (Å²) in [5.74, 6) is 1.64. The number of aliphatic imine (C=N–C) groups is 1. The minimum atomic E-state index is -4.31. The molecule has 1 aromatic carbocycles. The number of nitrogens with one attached hydrogen (secondary N) is 2. The van der Waals surface area contributed by atoms with E-state index in [2.05, 4.69) is 15.6 Å². The maximum absolute atomic E-state index is 12.6. The molecule has 3 nitrogen and oxygen atoms in total. The average molecular weight is 447 g/mol. The highest BCUT2D eigenvalue weighted by Gasteiger charge is 2.30. The molecular weight excluding hydrogens is 426 g/mol. The van der Waals surface area contributed by atoms with Crippen LogP contribution in [0.3, 0.4) is 0 Å². The second-order valence-electron chi connectivity index (χ2n) is 4.40. The van der Waals surface area contributed by atoms with Gasteiger partial charge in [0.2, 0.25) is 0 Å². The molecular formula is C14H21F3IN3S. The van der Waals surface area contributed by atoms with Crippen molar-refractivity contribution in [1.82, 2.24) is 10.6 Å². The third-order valence-electron chi connectivity index (χ3n) is 2.76. The Labute approximate surface area is 150 Å². The zero-order chi connectivity index (χ0) is 15.7. The molecule has 0 heterocycles. The summed E-state index contributed by atoms with van der Waals surface area (Å²) in [6.07, 6.45) is -1.26. The molecule has 126 valence electrons. The van der Waals surface area contributed by atoms with Crippen LogP contribution in [0.4, 0.5) is 13.2 Å². The SMILES string of the molecule is CN=C(NCCCSC)NCc1cccc(C(F)(F)F)c1.I. The third kappa shape index (κ3) is 8.11. The molecule has 0 amide bonds. The maximum Gasteiger partial charge on any atom is 0.416 e. The summed E-state index contributed by atoms with van der Waals surface area (Å²) in [6, 6.07) is 5.28. The Morgan fingerprint density at radius 2 is 2.00 bits per heavy atom. The summed E-state index contributed by atoms with van der Waals surface area (Å²) in [4.78, 5) is 4.04. The number of rotatable bonds is 6. The smallest absolute Gasteiger partial charge is 0.356 e. The van der Waals surface area contributed by atoms with Gasteiger partial charge in [-0.25, -0.2) is 0 Å². The van der Waals surface area contributed by atoms with Gasteiger partial charge in [0, 0.05) is 20.1 Å². The molecule has 0 aliphatic carbocycles. The van der Waals surface area contributed by atoms with Crippen LogP contribution in [0, 0.1) is 0 Å². The molecule has 0 bridgehead atoms. The van der Waals surface area contributed by atoms with Gasteiger partial charge >= 0.3 is 6.18 Å². The molecule has 0 radical (unpaired) electrons. The molecule has 22 heavy (non-hydrogen) atoms. The Morgan fingerprint density at radius 3 is 2.59 bits per heavy atom. The van der Waals surface area contributed by atoms with Gasteiger partial charge in [0.25, 0.3) is 0 Å². The van der Waals surface area contributed by atoms with Gasteiger partial charge < -0.3 is 10.6 Å². The molecule has 0 aliphatic rings. The van der Waals surface area contributed by atoms with Crippen molar-refractivity contribution in [2.45, 2.75) is 19.1 Å². The number of thioether (sulfide) groups is 1. The lowest BCUT2D eigenvalue weighted by atomic mass is 10.1. The lowest BCUT2D eigenvalue weighted by molar-refractivity contribution is -0.137. The molecule has 2 N–H and O–H groups in total. The highest BCUT2D eigenvalue weighted by atomic mass is 127. The van der Waals surface area contributed by atoms with E-state index in [9.17, 15) is 13.2 Å². The van der Waals surface area contributed by atoms with E-state index in [4.69, 9.17) is 0 Å². The first-order valence-electron chi connectivity index (χ1n) is 6.57. The van der Waals surface area contributed by atoms with E-state index >= 15 is 0 Å². The van der Waals surface area contributed by atoms with Crippen molar-refractivity contribution < 1.29 is 13.2 Å². The molecule has 0 saturated heterocycles. The van der Waals surface area contributed by atoms with Gasteiger partial charge in [-0.05, 0) is 36.1 Å². The normalized spacial score (nSPS) is 11.8. The standard InChI is InChI=1S/C14H20F3N3S.HI/c1-18-13(19-7-4-8-21-2)20-10-11-5-3-6-12(9-11)14(15,16)17;/h3,5-6,9H,4,7-8,10H2,1-2H3,(H2,18,19,20);1H. The molecule has 0 aromatic heterocycles. The Morgan fingerprint density at radius 1 is 1.27 bits per heavy atom. The van der Waals surface area contributed by atoms with E-state index < -0.39 is 11.7 Å². The van der Waals surface area contributed by atoms with Crippen LogP contribution in [0.25, 0.3) is 0 Å². The number of benzene rings is 1. The summed E-state index contributed by atoms with van der Waals surface area (Å²) >= 11 is 1.77. The van der Waals surface area contributed by atoms with Crippen LogP contribution in [0.5, 0.6) is 0 Å². The minimum Gasteiger partial charge on any atom is -0.356 e. The topological polar surface area (TPSA) is 36.4 Å². The molecule has 8 heteroatoms. The number of nitrogens with zero attached hydrogens (tertiary/aromatic N) is 1. The van der Waals surface area contributed by atoms with Gasteiger partial charge in [-0.15, -0.1) is 24.0 Å². The second kappa shape index (κ2) is 11.0. The van der Waals surface area contributed by atoms with Gasteiger partial charge in [-0.3, -0.25) is 4.99 Å². The van der Waals surface area contributed by atoms with Gasteiger partial charge in [0.1, 0.15) is 0 Å². The maximum atomic E-state index is 12.6. The van der Waals surface area contributed by atoms with Crippen molar-refractivity contribution in [3.05, 3.63) is 35.4 Å². The van der Waals surface area contributed by atoms with Crippen LogP contribution in [0.1, 0.15) is 17.5 Å². The van der Waals surface area contributed by atoms with Crippen molar-refractivity contribution in [1.29, 1.82) is 0 Å². The first-order valence-corrected chi connectivity index (χ1v) is 7.96. The Kier molecular flexibility index (Phi) is 10.7. The van der Waals surface area contributed by atoms with Gasteiger partial charge in [0.15, 0.2) is 5.96 Å². The van der Waals surface area contributed by atoms with Crippen molar-refractivity contribution in [3.8, 4) is 0 Å². The van der Waals surface area contributed by atoms with Crippen LogP contribution in [-0.2, 0) is 12.7 Å². The number of halogens is 4. The summed E-state index contributed by atoms with van der Waals surface area (Å²) < 4.78 is 37.8. The number of hydrogen-bond acceptors (Lipinski definition) is 2. The van der Waals surface area contributed by atoms with Crippen LogP contribution >= 0.6 is 35.7 Å². The molecule has 0 unspecified atom stereocenters. The molecule has 1 aromatic rings. The van der Waals surface area contributed by atoms with Gasteiger partial charge in [-0.1, -0.05) is 12.1 Å². The zero-order valence-corrected chi connectivity index (χ0v) is 15.7. The summed E-state index contributed by atoms with van der Waals surface area (Å²) in [7, 11) is 1.63. The number of hydrogen-bond donors (Lipinski definition) is 2. The Hall–Kier alpha value is -0.640. The number of guanidine groups is 1. The highest BCUT2D eigenvalue weighted by Crippen LogP contribution is 2.29. The highest BCUT2D eigenvalue weighted by molar-refractivity contribution is 14.0. The Balaban J connectivity index is 0.00000441. The first kappa shape index (κ1) is 21.4. The fraction of sp³-hybridized carbons (Fsp3) is 0.500. The van der Waals surface area contributed by atoms with Gasteiger partial charge in [0.05, 0.1) is 5.56 Å². The van der Waals surface area contributed by atoms with Crippen molar-refractivity contribution in [2.24, 2.45) is 4.99 Å². The molecule has 0 spiro atoms. The van der Waals surface area contributed by atoms with Gasteiger partial charge in [-0.2, -0.15) is 24.9 Å². The summed E-state index contributed by atoms with van der Waals surface area (Å²) in [5, 5.41) is 6.13. The predicted octanol–water partition coefficient (Wildman–Crippen LogP) is 3.74.